The molecule has 0 aliphatic carbocycles. The maximum Gasteiger partial charge on any atom is 0.290 e. The lowest BCUT2D eigenvalue weighted by Crippen LogP contribution is -2.27. The van der Waals surface area contributed by atoms with Crippen molar-refractivity contribution in [2.75, 3.05) is 33.8 Å². The molecule has 0 bridgehead atoms. The number of aryl methyl sites for hydroxylation is 1. The van der Waals surface area contributed by atoms with Crippen LogP contribution in [0.15, 0.2) is 54.6 Å². The van der Waals surface area contributed by atoms with E-state index >= 15 is 0 Å². The predicted octanol–water partition coefficient (Wildman–Crippen LogP) is 3.04. The summed E-state index contributed by atoms with van der Waals surface area (Å²) in [6, 6.07) is 15.8. The van der Waals surface area contributed by atoms with Gasteiger partial charge in [0.15, 0.2) is 0 Å². The third kappa shape index (κ3) is 12.8. The molecule has 30 heavy (non-hydrogen) atoms. The Bertz CT molecular complexity index is 665. The van der Waals surface area contributed by atoms with E-state index < -0.39 is 5.92 Å². The molecule has 0 amide bonds. The first-order valence-corrected chi connectivity index (χ1v) is 9.46. The van der Waals surface area contributed by atoms with E-state index in [2.05, 4.69) is 17.6 Å². The van der Waals surface area contributed by atoms with E-state index in [-0.39, 0.29) is 24.7 Å². The number of methoxy groups -OCH3 is 1. The minimum Gasteiger partial charge on any atom is -0.497 e. The van der Waals surface area contributed by atoms with Gasteiger partial charge in [0.2, 0.25) is 0 Å². The first-order chi connectivity index (χ1) is 14.3. The molecule has 6 nitrogen and oxygen atoms in total. The van der Waals surface area contributed by atoms with Crippen LogP contribution in [0.1, 0.15) is 17.5 Å². The molecule has 3 rings (SSSR count). The number of carboxylic acid groups (broad SMARTS) is 1. The normalized spacial score (nSPS) is 14.7. The Labute approximate surface area is 176 Å². The van der Waals surface area contributed by atoms with Gasteiger partial charge >= 0.3 is 0 Å². The van der Waals surface area contributed by atoms with Gasteiger partial charge in [-0.05, 0) is 39.1 Å². The highest BCUT2D eigenvalue weighted by atomic mass is 19.3. The van der Waals surface area contributed by atoms with Crippen LogP contribution in [0, 0.1) is 6.92 Å². The first-order valence-electron chi connectivity index (χ1n) is 9.46. The zero-order valence-electron chi connectivity index (χ0n) is 17.6. The molecular weight excluding hydrogens is 394 g/mol. The monoisotopic (exact) mass is 426 g/mol. The lowest BCUT2D eigenvalue weighted by Gasteiger charge is -2.15. The molecule has 0 spiro atoms. The highest BCUT2D eigenvalue weighted by molar-refractivity contribution is 5.32. The average Bonchev–Trinajstić information content (AvgIpc) is 3.22. The number of likely N-dealkylation sites (N-methyl/N-ethyl adjacent to an activating group) is 1. The van der Waals surface area contributed by atoms with Gasteiger partial charge in [-0.15, -0.1) is 0 Å². The topological polar surface area (TPSA) is 90.8 Å². The number of rotatable bonds is 4. The molecule has 0 radical (unpaired) electrons. The van der Waals surface area contributed by atoms with E-state index in [1.807, 2.05) is 24.3 Å². The van der Waals surface area contributed by atoms with E-state index in [4.69, 9.17) is 19.7 Å². The van der Waals surface area contributed by atoms with E-state index in [0.29, 0.717) is 0 Å². The summed E-state index contributed by atoms with van der Waals surface area (Å²) >= 11 is 0. The number of hydrogen-bond donors (Lipinski definition) is 4. The largest absolute Gasteiger partial charge is 0.497 e. The molecule has 1 aliphatic rings. The molecule has 168 valence electrons. The van der Waals surface area contributed by atoms with Crippen molar-refractivity contribution in [3.05, 3.63) is 65.7 Å². The predicted molar refractivity (Wildman–Crippen MR) is 114 cm³/mol. The minimum atomic E-state index is -2.77. The maximum absolute atomic E-state index is 13.1. The van der Waals surface area contributed by atoms with Gasteiger partial charge in [-0.3, -0.25) is 4.79 Å². The lowest BCUT2D eigenvalue weighted by molar-refractivity contribution is -0.122. The number of hydrogen-bond acceptors (Lipinski definition) is 5. The van der Waals surface area contributed by atoms with Gasteiger partial charge in [0, 0.05) is 12.1 Å². The first kappa shape index (κ1) is 27.5. The van der Waals surface area contributed by atoms with E-state index in [9.17, 15) is 8.78 Å². The summed E-state index contributed by atoms with van der Waals surface area (Å²) in [5, 5.41) is 21.0. The Balaban J connectivity index is 0.000000412. The van der Waals surface area contributed by atoms with Gasteiger partial charge in [-0.1, -0.05) is 48.0 Å². The standard InChI is InChI=1S/C9H11F2N.C8H10O.C4H9NO.CH2O2/c1-12-7-9(10,11)8-5-3-2-4-6-8;1-7-3-5-8(9-2)6-4-7;6-4-1-2-5-3-4;2-1-3/h2-6,12H,7H2,1H3;3-6H,1-2H3;4-6H,1-3H2;1H,(H,2,3). The zero-order valence-corrected chi connectivity index (χ0v) is 17.6. The van der Waals surface area contributed by atoms with Gasteiger partial charge < -0.3 is 25.6 Å². The number of carbonyl (C=O) groups is 1. The van der Waals surface area contributed by atoms with Crippen LogP contribution in [0.3, 0.4) is 0 Å². The van der Waals surface area contributed by atoms with Crippen molar-refractivity contribution in [3.63, 3.8) is 0 Å². The minimum absolute atomic E-state index is 0.0550. The van der Waals surface area contributed by atoms with Crippen molar-refractivity contribution in [2.45, 2.75) is 25.4 Å². The molecule has 8 heteroatoms. The third-order valence-electron chi connectivity index (χ3n) is 3.89. The quantitative estimate of drug-likeness (QED) is 0.562. The van der Waals surface area contributed by atoms with Crippen molar-refractivity contribution in [3.8, 4) is 5.75 Å². The Morgan fingerprint density at radius 1 is 1.20 bits per heavy atom. The molecule has 2 aromatic carbocycles. The second-order valence-corrected chi connectivity index (χ2v) is 6.37. The summed E-state index contributed by atoms with van der Waals surface area (Å²) in [6.45, 7) is 3.26. The summed E-state index contributed by atoms with van der Waals surface area (Å²) in [7, 11) is 3.18. The summed E-state index contributed by atoms with van der Waals surface area (Å²) in [6.07, 6.45) is 0.866. The van der Waals surface area contributed by atoms with Gasteiger partial charge in [0.05, 0.1) is 19.8 Å². The van der Waals surface area contributed by atoms with Crippen molar-refractivity contribution in [2.24, 2.45) is 0 Å². The zero-order chi connectivity index (χ0) is 22.8. The number of aliphatic hydroxyl groups excluding tert-OH is 1. The number of nitrogens with one attached hydrogen (secondary N) is 2. The van der Waals surface area contributed by atoms with Gasteiger partial charge in [-0.2, -0.15) is 8.78 Å². The smallest absolute Gasteiger partial charge is 0.290 e. The van der Waals surface area contributed by atoms with Crippen LogP contribution in [0.2, 0.25) is 0 Å². The number of aliphatic hydroxyl groups is 1. The molecule has 1 unspecified atom stereocenters. The van der Waals surface area contributed by atoms with Crippen LogP contribution in [0.5, 0.6) is 5.75 Å². The molecule has 1 saturated heterocycles. The maximum atomic E-state index is 13.1. The number of β-amino-alcohol motifs (C(OH)–C–C–N with tert-alkyl or cyclic N) is 1. The molecule has 2 aromatic rings. The van der Waals surface area contributed by atoms with Gasteiger partial charge in [-0.25, -0.2) is 0 Å². The van der Waals surface area contributed by atoms with Crippen LogP contribution < -0.4 is 15.4 Å². The summed E-state index contributed by atoms with van der Waals surface area (Å²) in [4.78, 5) is 8.36. The molecule has 4 N–H and O–H groups in total. The van der Waals surface area contributed by atoms with Crippen molar-refractivity contribution < 1.29 is 28.5 Å². The Morgan fingerprint density at radius 2 is 1.77 bits per heavy atom. The van der Waals surface area contributed by atoms with Crippen molar-refractivity contribution >= 4 is 6.47 Å². The number of alkyl halides is 2. The fourth-order valence-electron chi connectivity index (χ4n) is 2.32. The Kier molecular flexibility index (Phi) is 14.9. The van der Waals surface area contributed by atoms with Crippen molar-refractivity contribution in [1.29, 1.82) is 0 Å². The second-order valence-electron chi connectivity index (χ2n) is 6.37. The molecule has 1 aliphatic heterocycles. The van der Waals surface area contributed by atoms with Crippen LogP contribution in [0.25, 0.3) is 0 Å². The SMILES string of the molecule is CNCC(F)(F)c1ccccc1.COc1ccc(C)cc1.O=CO.OC1CCNC1. The number of benzene rings is 2. The van der Waals surface area contributed by atoms with Gasteiger partial charge in [0.25, 0.3) is 12.4 Å². The summed E-state index contributed by atoms with van der Waals surface area (Å²) in [5.41, 5.74) is 1.31. The number of ether oxygens (including phenoxy) is 1. The molecule has 0 saturated carbocycles. The second kappa shape index (κ2) is 16.3. The summed E-state index contributed by atoms with van der Waals surface area (Å²) < 4.78 is 31.2. The fraction of sp³-hybridized carbons (Fsp3) is 0.409. The van der Waals surface area contributed by atoms with E-state index in [1.54, 1.807) is 25.3 Å². The van der Waals surface area contributed by atoms with Crippen LogP contribution in [-0.4, -0.2) is 56.6 Å². The van der Waals surface area contributed by atoms with Gasteiger partial charge in [0.1, 0.15) is 5.75 Å². The molecule has 1 fully saturated rings. The Morgan fingerprint density at radius 3 is 2.13 bits per heavy atom. The number of halogens is 2. The Hall–Kier alpha value is -2.55. The highest BCUT2D eigenvalue weighted by Crippen LogP contribution is 2.26. The average molecular weight is 427 g/mol. The van der Waals surface area contributed by atoms with E-state index in [0.717, 1.165) is 25.3 Å². The highest BCUT2D eigenvalue weighted by Gasteiger charge is 2.29. The molecular formula is C22H32F2N2O4. The van der Waals surface area contributed by atoms with E-state index in [1.165, 1.54) is 24.7 Å². The lowest BCUT2D eigenvalue weighted by atomic mass is 10.1. The molecule has 1 heterocycles. The summed E-state index contributed by atoms with van der Waals surface area (Å²) in [5.74, 6) is -1.85. The van der Waals surface area contributed by atoms with Crippen LogP contribution >= 0.6 is 0 Å². The molecule has 0 aromatic heterocycles. The fourth-order valence-corrected chi connectivity index (χ4v) is 2.32. The van der Waals surface area contributed by atoms with Crippen LogP contribution in [0.4, 0.5) is 8.78 Å². The van der Waals surface area contributed by atoms with Crippen LogP contribution in [-0.2, 0) is 10.7 Å². The van der Waals surface area contributed by atoms with Crippen molar-refractivity contribution in [1.82, 2.24) is 10.6 Å². The molecule has 1 atom stereocenters. The third-order valence-corrected chi connectivity index (χ3v) is 3.89.